The fourth-order valence-electron chi connectivity index (χ4n) is 3.83. The molecule has 0 spiro atoms. The summed E-state index contributed by atoms with van der Waals surface area (Å²) in [5.41, 5.74) is 1.80. The van der Waals surface area contributed by atoms with E-state index in [0.717, 1.165) is 16.3 Å². The molecule has 0 aliphatic carbocycles. The Morgan fingerprint density at radius 2 is 1.54 bits per heavy atom. The van der Waals surface area contributed by atoms with Gasteiger partial charge in [-0.3, -0.25) is 13.9 Å². The number of rotatable bonds is 11. The van der Waals surface area contributed by atoms with Crippen LogP contribution in [0.1, 0.15) is 38.3 Å². The highest BCUT2D eigenvalue weighted by atomic mass is 35.5. The molecule has 208 valence electrons. The van der Waals surface area contributed by atoms with E-state index in [4.69, 9.17) is 23.2 Å². The maximum Gasteiger partial charge on any atom is 0.264 e. The molecule has 39 heavy (non-hydrogen) atoms. The quantitative estimate of drug-likeness (QED) is 0.305. The topological polar surface area (TPSA) is 86.8 Å². The van der Waals surface area contributed by atoms with Crippen LogP contribution in [0.4, 0.5) is 5.69 Å². The molecule has 0 unspecified atom stereocenters. The van der Waals surface area contributed by atoms with Crippen LogP contribution in [0.5, 0.6) is 0 Å². The van der Waals surface area contributed by atoms with E-state index in [9.17, 15) is 18.0 Å². The molecule has 10 heteroatoms. The van der Waals surface area contributed by atoms with Gasteiger partial charge in [-0.2, -0.15) is 0 Å². The average Bonchev–Trinajstić information content (AvgIpc) is 2.91. The molecule has 0 radical (unpaired) electrons. The first-order chi connectivity index (χ1) is 18.4. The Hall–Kier alpha value is -3.07. The largest absolute Gasteiger partial charge is 0.352 e. The number of sulfonamides is 1. The minimum Gasteiger partial charge on any atom is -0.352 e. The molecule has 0 heterocycles. The molecule has 0 aromatic heterocycles. The first kappa shape index (κ1) is 30.5. The van der Waals surface area contributed by atoms with Crippen molar-refractivity contribution in [1.82, 2.24) is 10.2 Å². The lowest BCUT2D eigenvalue weighted by Gasteiger charge is -2.32. The number of carbonyl (C=O) groups excluding carboxylic acids is 2. The molecule has 2 amide bonds. The van der Waals surface area contributed by atoms with Crippen LogP contribution < -0.4 is 9.62 Å². The summed E-state index contributed by atoms with van der Waals surface area (Å²) in [7, 11) is -4.15. The lowest BCUT2D eigenvalue weighted by Crippen LogP contribution is -2.52. The van der Waals surface area contributed by atoms with Gasteiger partial charge in [-0.15, -0.1) is 0 Å². The minimum atomic E-state index is -4.15. The second-order valence-corrected chi connectivity index (χ2v) is 12.1. The Balaban J connectivity index is 2.03. The molecule has 0 saturated carbocycles. The standard InChI is InChI=1S/C29H33Cl2N3O4S/c1-5-21(3)32-29(36)22(4)33(18-23-8-6-7-9-27(23)31)28(35)19-34(25-14-12-24(30)13-15-25)39(37,38)26-16-10-20(2)11-17-26/h6-17,21-22H,5,18-19H2,1-4H3,(H,32,36)/t21-,22+/m0/s1. The zero-order valence-electron chi connectivity index (χ0n) is 22.4. The Morgan fingerprint density at radius 1 is 0.923 bits per heavy atom. The first-order valence-electron chi connectivity index (χ1n) is 12.6. The number of amides is 2. The van der Waals surface area contributed by atoms with Crippen molar-refractivity contribution < 1.29 is 18.0 Å². The average molecular weight is 591 g/mol. The second-order valence-electron chi connectivity index (χ2n) is 9.41. The number of hydrogen-bond acceptors (Lipinski definition) is 4. The third kappa shape index (κ3) is 7.75. The predicted molar refractivity (Wildman–Crippen MR) is 157 cm³/mol. The van der Waals surface area contributed by atoms with Gasteiger partial charge in [0.25, 0.3) is 10.0 Å². The second kappa shape index (κ2) is 13.3. The molecule has 0 fully saturated rings. The van der Waals surface area contributed by atoms with Crippen molar-refractivity contribution in [3.63, 3.8) is 0 Å². The van der Waals surface area contributed by atoms with Crippen LogP contribution in [-0.2, 0) is 26.2 Å². The van der Waals surface area contributed by atoms with E-state index in [2.05, 4.69) is 5.32 Å². The van der Waals surface area contributed by atoms with Gasteiger partial charge < -0.3 is 10.2 Å². The van der Waals surface area contributed by atoms with Crippen LogP contribution in [0.15, 0.2) is 77.7 Å². The summed E-state index contributed by atoms with van der Waals surface area (Å²) in [6, 6.07) is 18.6. The van der Waals surface area contributed by atoms with Crippen LogP contribution >= 0.6 is 23.2 Å². The van der Waals surface area contributed by atoms with Gasteiger partial charge in [0.05, 0.1) is 10.6 Å². The van der Waals surface area contributed by atoms with Gasteiger partial charge in [0, 0.05) is 22.6 Å². The fraction of sp³-hybridized carbons (Fsp3) is 0.310. The van der Waals surface area contributed by atoms with E-state index in [-0.39, 0.29) is 29.1 Å². The number of hydrogen-bond donors (Lipinski definition) is 1. The van der Waals surface area contributed by atoms with E-state index < -0.39 is 28.5 Å². The normalized spacial score (nSPS) is 12.9. The summed E-state index contributed by atoms with van der Waals surface area (Å²) >= 11 is 12.4. The van der Waals surface area contributed by atoms with Crippen molar-refractivity contribution >= 4 is 50.7 Å². The van der Waals surface area contributed by atoms with Gasteiger partial charge in [0.2, 0.25) is 11.8 Å². The molecule has 0 aliphatic rings. The highest BCUT2D eigenvalue weighted by molar-refractivity contribution is 7.92. The van der Waals surface area contributed by atoms with Crippen molar-refractivity contribution in [1.29, 1.82) is 0 Å². The Labute approximate surface area is 240 Å². The Kier molecular flexibility index (Phi) is 10.4. The van der Waals surface area contributed by atoms with E-state index in [1.165, 1.54) is 17.0 Å². The summed E-state index contributed by atoms with van der Waals surface area (Å²) in [5, 5.41) is 3.77. The number of benzene rings is 3. The molecule has 1 N–H and O–H groups in total. The number of carbonyl (C=O) groups is 2. The van der Waals surface area contributed by atoms with Crippen LogP contribution in [0, 0.1) is 6.92 Å². The minimum absolute atomic E-state index is 0.0205. The van der Waals surface area contributed by atoms with Gasteiger partial charge in [-0.25, -0.2) is 8.42 Å². The Bertz CT molecular complexity index is 1400. The van der Waals surface area contributed by atoms with Crippen molar-refractivity contribution in [2.75, 3.05) is 10.8 Å². The zero-order valence-corrected chi connectivity index (χ0v) is 24.7. The molecular weight excluding hydrogens is 557 g/mol. The molecule has 0 bridgehead atoms. The molecule has 3 aromatic carbocycles. The first-order valence-corrected chi connectivity index (χ1v) is 14.8. The Morgan fingerprint density at radius 3 is 2.13 bits per heavy atom. The third-order valence-electron chi connectivity index (χ3n) is 6.47. The third-order valence-corrected chi connectivity index (χ3v) is 8.88. The van der Waals surface area contributed by atoms with Gasteiger partial charge in [0.1, 0.15) is 12.6 Å². The van der Waals surface area contributed by atoms with Crippen molar-refractivity contribution in [2.24, 2.45) is 0 Å². The molecule has 0 aliphatic heterocycles. The number of nitrogens with one attached hydrogen (secondary N) is 1. The summed E-state index contributed by atoms with van der Waals surface area (Å²) in [4.78, 5) is 28.4. The number of halogens is 2. The van der Waals surface area contributed by atoms with Crippen LogP contribution in [0.25, 0.3) is 0 Å². The van der Waals surface area contributed by atoms with Crippen molar-refractivity contribution in [3.05, 3.63) is 94.0 Å². The maximum atomic E-state index is 13.9. The highest BCUT2D eigenvalue weighted by Gasteiger charge is 2.33. The van der Waals surface area contributed by atoms with Crippen LogP contribution in [-0.4, -0.2) is 43.8 Å². The molecule has 3 rings (SSSR count). The van der Waals surface area contributed by atoms with Crippen LogP contribution in [0.3, 0.4) is 0 Å². The predicted octanol–water partition coefficient (Wildman–Crippen LogP) is 5.83. The number of anilines is 1. The SMILES string of the molecule is CC[C@H](C)NC(=O)[C@@H](C)N(Cc1ccccc1Cl)C(=O)CN(c1ccc(Cl)cc1)S(=O)(=O)c1ccc(C)cc1. The lowest BCUT2D eigenvalue weighted by atomic mass is 10.1. The highest BCUT2D eigenvalue weighted by Crippen LogP contribution is 2.27. The molecule has 7 nitrogen and oxygen atoms in total. The van der Waals surface area contributed by atoms with E-state index in [0.29, 0.717) is 15.6 Å². The summed E-state index contributed by atoms with van der Waals surface area (Å²) in [5.74, 6) is -0.906. The zero-order chi connectivity index (χ0) is 28.7. The summed E-state index contributed by atoms with van der Waals surface area (Å²) in [6.45, 7) is 6.78. The molecule has 2 atom stereocenters. The lowest BCUT2D eigenvalue weighted by molar-refractivity contribution is -0.139. The van der Waals surface area contributed by atoms with Gasteiger partial charge in [-0.05, 0) is 75.2 Å². The van der Waals surface area contributed by atoms with Crippen molar-refractivity contribution in [2.45, 2.75) is 57.6 Å². The van der Waals surface area contributed by atoms with Gasteiger partial charge >= 0.3 is 0 Å². The smallest absolute Gasteiger partial charge is 0.264 e. The van der Waals surface area contributed by atoms with E-state index >= 15 is 0 Å². The van der Waals surface area contributed by atoms with E-state index in [1.807, 2.05) is 20.8 Å². The van der Waals surface area contributed by atoms with Gasteiger partial charge in [-0.1, -0.05) is 66.0 Å². The maximum absolute atomic E-state index is 13.9. The van der Waals surface area contributed by atoms with Crippen molar-refractivity contribution in [3.8, 4) is 0 Å². The molecule has 3 aromatic rings. The number of aryl methyl sites for hydroxylation is 1. The molecule has 0 saturated heterocycles. The fourth-order valence-corrected chi connectivity index (χ4v) is 5.57. The number of nitrogens with zero attached hydrogens (tertiary/aromatic N) is 2. The van der Waals surface area contributed by atoms with E-state index in [1.54, 1.807) is 67.6 Å². The summed E-state index contributed by atoms with van der Waals surface area (Å²) in [6.07, 6.45) is 0.718. The van der Waals surface area contributed by atoms with Gasteiger partial charge in [0.15, 0.2) is 0 Å². The van der Waals surface area contributed by atoms with Crippen LogP contribution in [0.2, 0.25) is 10.0 Å². The summed E-state index contributed by atoms with van der Waals surface area (Å²) < 4.78 is 28.7. The monoisotopic (exact) mass is 589 g/mol. The molecular formula is C29H33Cl2N3O4S.